The van der Waals surface area contributed by atoms with Gasteiger partial charge in [0.1, 0.15) is 5.82 Å². The van der Waals surface area contributed by atoms with Crippen LogP contribution in [0, 0.1) is 5.82 Å². The second-order valence-corrected chi connectivity index (χ2v) is 3.20. The third-order valence-electron chi connectivity index (χ3n) is 1.71. The number of rotatable bonds is 3. The average molecular weight is 229 g/mol. The number of Topliss-reactive ketones (excluding diaryl/α,β-unsaturated/α-hetero) is 1. The molecule has 1 aromatic carbocycles. The molecule has 3 heteroatoms. The molecule has 0 radical (unpaired) electrons. The van der Waals surface area contributed by atoms with Crippen molar-refractivity contribution in [3.63, 3.8) is 0 Å². The first-order chi connectivity index (χ1) is 7.15. The Labute approximate surface area is 94.6 Å². The van der Waals surface area contributed by atoms with Gasteiger partial charge in [-0.25, -0.2) is 4.39 Å². The van der Waals surface area contributed by atoms with E-state index in [2.05, 4.69) is 13.2 Å². The van der Waals surface area contributed by atoms with Crippen LogP contribution in [0.5, 0.6) is 0 Å². The highest BCUT2D eigenvalue weighted by Gasteiger charge is 2.09. The van der Waals surface area contributed by atoms with Crippen LogP contribution in [0.2, 0.25) is 5.02 Å². The Morgan fingerprint density at radius 3 is 2.53 bits per heavy atom. The Morgan fingerprint density at radius 2 is 2.07 bits per heavy atom. The molecule has 0 aliphatic heterocycles. The van der Waals surface area contributed by atoms with Crippen LogP contribution in [-0.4, -0.2) is 5.78 Å². The van der Waals surface area contributed by atoms with Crippen molar-refractivity contribution in [2.75, 3.05) is 0 Å². The fourth-order valence-corrected chi connectivity index (χ4v) is 1.35. The fourth-order valence-electron chi connectivity index (χ4n) is 1.08. The van der Waals surface area contributed by atoms with Crippen molar-refractivity contribution in [1.29, 1.82) is 0 Å². The highest BCUT2D eigenvalue weighted by Crippen LogP contribution is 2.19. The van der Waals surface area contributed by atoms with E-state index < -0.39 is 5.82 Å². The van der Waals surface area contributed by atoms with Crippen molar-refractivity contribution in [1.82, 2.24) is 0 Å². The smallest absolute Gasteiger partial charge is 0.164 e. The summed E-state index contributed by atoms with van der Waals surface area (Å²) in [5.74, 6) is -0.453. The molecule has 0 fully saturated rings. The predicted molar refractivity (Wildman–Crippen MR) is 61.9 cm³/mol. The number of benzene rings is 1. The maximum Gasteiger partial charge on any atom is 0.164 e. The molecule has 1 rings (SSSR count). The lowest BCUT2D eigenvalue weighted by atomic mass is 10.1. The van der Waals surface area contributed by atoms with Crippen LogP contribution in [0.3, 0.4) is 0 Å². The molecule has 0 aliphatic rings. The Balaban J connectivity index is 0.000000921. The van der Waals surface area contributed by atoms with E-state index in [1.807, 2.05) is 6.92 Å². The first-order valence-corrected chi connectivity index (χ1v) is 5.01. The van der Waals surface area contributed by atoms with E-state index >= 15 is 0 Å². The zero-order valence-corrected chi connectivity index (χ0v) is 9.48. The summed E-state index contributed by atoms with van der Waals surface area (Å²) in [5.41, 5.74) is 0.407. The van der Waals surface area contributed by atoms with Crippen molar-refractivity contribution in [2.24, 2.45) is 0 Å². The van der Waals surface area contributed by atoms with Crippen LogP contribution in [0.25, 0.3) is 0 Å². The van der Waals surface area contributed by atoms with E-state index in [1.165, 1.54) is 12.1 Å². The molecule has 1 nitrogen and oxygen atoms in total. The van der Waals surface area contributed by atoms with Crippen LogP contribution >= 0.6 is 11.6 Å². The van der Waals surface area contributed by atoms with Gasteiger partial charge in [-0.1, -0.05) is 18.5 Å². The molecular formula is C12H14ClFO. The van der Waals surface area contributed by atoms with Gasteiger partial charge < -0.3 is 0 Å². The molecule has 0 spiro atoms. The number of carbonyl (C=O) groups excluding carboxylic acids is 1. The van der Waals surface area contributed by atoms with Crippen molar-refractivity contribution < 1.29 is 9.18 Å². The van der Waals surface area contributed by atoms with E-state index in [0.717, 1.165) is 12.5 Å². The lowest BCUT2D eigenvalue weighted by Crippen LogP contribution is -1.99. The molecule has 0 saturated carbocycles. The van der Waals surface area contributed by atoms with Gasteiger partial charge in [-0.05, 0) is 24.6 Å². The summed E-state index contributed by atoms with van der Waals surface area (Å²) >= 11 is 5.70. The minimum Gasteiger partial charge on any atom is -0.294 e. The topological polar surface area (TPSA) is 17.1 Å². The van der Waals surface area contributed by atoms with E-state index in [1.54, 1.807) is 0 Å². The molecule has 0 aliphatic carbocycles. The molecule has 1 aromatic rings. The van der Waals surface area contributed by atoms with Gasteiger partial charge in [-0.2, -0.15) is 0 Å². The van der Waals surface area contributed by atoms with Crippen molar-refractivity contribution in [3.05, 3.63) is 47.8 Å². The second-order valence-electron chi connectivity index (χ2n) is 2.80. The summed E-state index contributed by atoms with van der Waals surface area (Å²) in [6.45, 7) is 7.91. The standard InChI is InChI=1S/C10H10ClFO.C2H4/c1-2-3-10(13)8-5-4-7(12)6-9(8)11;1-2/h4-6H,2-3H2,1H3;1-2H2. The number of carbonyl (C=O) groups is 1. The van der Waals surface area contributed by atoms with Gasteiger partial charge in [0.05, 0.1) is 5.02 Å². The van der Waals surface area contributed by atoms with Gasteiger partial charge in [-0.3, -0.25) is 4.79 Å². The summed E-state index contributed by atoms with van der Waals surface area (Å²) < 4.78 is 12.6. The lowest BCUT2D eigenvalue weighted by Gasteiger charge is -2.01. The number of halogens is 2. The monoisotopic (exact) mass is 228 g/mol. The van der Waals surface area contributed by atoms with Gasteiger partial charge in [0.15, 0.2) is 5.78 Å². The van der Waals surface area contributed by atoms with E-state index in [4.69, 9.17) is 11.6 Å². The largest absolute Gasteiger partial charge is 0.294 e. The second kappa shape index (κ2) is 7.18. The third-order valence-corrected chi connectivity index (χ3v) is 2.02. The molecule has 0 atom stereocenters. The Kier molecular flexibility index (Phi) is 6.63. The van der Waals surface area contributed by atoms with Crippen LogP contribution in [0.15, 0.2) is 31.4 Å². The van der Waals surface area contributed by atoms with Crippen LogP contribution in [-0.2, 0) is 0 Å². The van der Waals surface area contributed by atoms with Gasteiger partial charge in [0.25, 0.3) is 0 Å². The molecule has 82 valence electrons. The first kappa shape index (κ1) is 13.8. The molecule has 0 heterocycles. The minimum absolute atomic E-state index is 0.0347. The van der Waals surface area contributed by atoms with Gasteiger partial charge >= 0.3 is 0 Å². The van der Waals surface area contributed by atoms with Gasteiger partial charge in [0.2, 0.25) is 0 Å². The molecule has 0 aromatic heterocycles. The quantitative estimate of drug-likeness (QED) is 0.558. The number of ketones is 1. The van der Waals surface area contributed by atoms with Crippen LogP contribution < -0.4 is 0 Å². The third kappa shape index (κ3) is 4.26. The molecule has 0 N–H and O–H groups in total. The lowest BCUT2D eigenvalue weighted by molar-refractivity contribution is 0.0982. The molecule has 0 saturated heterocycles. The molecule has 0 unspecified atom stereocenters. The summed E-state index contributed by atoms with van der Waals surface area (Å²) in [7, 11) is 0. The Bertz CT molecular complexity index is 336. The highest BCUT2D eigenvalue weighted by molar-refractivity contribution is 6.33. The first-order valence-electron chi connectivity index (χ1n) is 4.63. The molecule has 15 heavy (non-hydrogen) atoms. The van der Waals surface area contributed by atoms with Crippen LogP contribution in [0.4, 0.5) is 4.39 Å². The zero-order valence-electron chi connectivity index (χ0n) is 8.72. The van der Waals surface area contributed by atoms with Gasteiger partial charge in [-0.15, -0.1) is 13.2 Å². The van der Waals surface area contributed by atoms with E-state index in [0.29, 0.717) is 12.0 Å². The zero-order chi connectivity index (χ0) is 11.8. The normalized spacial score (nSPS) is 9.00. The van der Waals surface area contributed by atoms with E-state index in [-0.39, 0.29) is 10.8 Å². The molecular weight excluding hydrogens is 215 g/mol. The Hall–Kier alpha value is -1.15. The maximum absolute atomic E-state index is 12.6. The van der Waals surface area contributed by atoms with Crippen molar-refractivity contribution in [2.45, 2.75) is 19.8 Å². The number of hydrogen-bond acceptors (Lipinski definition) is 1. The predicted octanol–water partition coefficient (Wildman–Crippen LogP) is 4.26. The maximum atomic E-state index is 12.6. The molecule has 0 amide bonds. The summed E-state index contributed by atoms with van der Waals surface area (Å²) in [4.78, 5) is 11.4. The highest BCUT2D eigenvalue weighted by atomic mass is 35.5. The Morgan fingerprint density at radius 1 is 1.47 bits per heavy atom. The molecule has 0 bridgehead atoms. The minimum atomic E-state index is -0.418. The van der Waals surface area contributed by atoms with E-state index in [9.17, 15) is 9.18 Å². The summed E-state index contributed by atoms with van der Waals surface area (Å²) in [6.07, 6.45) is 1.22. The average Bonchev–Trinajstić information content (AvgIpc) is 2.21. The summed E-state index contributed by atoms with van der Waals surface area (Å²) in [6, 6.07) is 3.83. The van der Waals surface area contributed by atoms with Crippen molar-refractivity contribution >= 4 is 17.4 Å². The summed E-state index contributed by atoms with van der Waals surface area (Å²) in [5, 5.41) is 0.193. The number of hydrogen-bond donors (Lipinski definition) is 0. The SMILES string of the molecule is C=C.CCCC(=O)c1ccc(F)cc1Cl. The fraction of sp³-hybridized carbons (Fsp3) is 0.250. The van der Waals surface area contributed by atoms with Crippen LogP contribution in [0.1, 0.15) is 30.1 Å². The van der Waals surface area contributed by atoms with Crippen molar-refractivity contribution in [3.8, 4) is 0 Å². The van der Waals surface area contributed by atoms with Gasteiger partial charge in [0, 0.05) is 12.0 Å².